The highest BCUT2D eigenvalue weighted by Gasteiger charge is 2.13. The number of hydrogen-bond donors (Lipinski definition) is 0. The van der Waals surface area contributed by atoms with Crippen LogP contribution in [0.2, 0.25) is 0 Å². The summed E-state index contributed by atoms with van der Waals surface area (Å²) in [5.74, 6) is 0. The fraction of sp³-hybridized carbons (Fsp3) is 0.667. The van der Waals surface area contributed by atoms with Gasteiger partial charge in [-0.3, -0.25) is 0 Å². The van der Waals surface area contributed by atoms with Crippen LogP contribution < -0.4 is 0 Å². The van der Waals surface area contributed by atoms with Gasteiger partial charge >= 0.3 is 0 Å². The van der Waals surface area contributed by atoms with Crippen LogP contribution in [-0.4, -0.2) is 0 Å². The number of rotatable bonds is 2. The molecule has 0 aliphatic carbocycles. The lowest BCUT2D eigenvalue weighted by Crippen LogP contribution is -2.07. The molecule has 0 aromatic rings. The molecule has 0 aliphatic heterocycles. The fourth-order valence-corrected chi connectivity index (χ4v) is 1.10. The highest BCUT2D eigenvalue weighted by molar-refractivity contribution is 5.27. The van der Waals surface area contributed by atoms with Crippen LogP contribution in [0.25, 0.3) is 0 Å². The Morgan fingerprint density at radius 2 is 1.75 bits per heavy atom. The monoisotopic (exact) mass is 166 g/mol. The predicted octanol–water partition coefficient (Wildman–Crippen LogP) is 4.34. The van der Waals surface area contributed by atoms with E-state index in [1.165, 1.54) is 11.1 Å². The van der Waals surface area contributed by atoms with Gasteiger partial charge in [0.2, 0.25) is 0 Å². The van der Waals surface area contributed by atoms with Crippen LogP contribution in [0.15, 0.2) is 23.3 Å². The molecule has 12 heavy (non-hydrogen) atoms. The quantitative estimate of drug-likeness (QED) is 0.535. The third kappa shape index (κ3) is 3.75. The van der Waals surface area contributed by atoms with Gasteiger partial charge in [-0.1, -0.05) is 45.4 Å². The highest BCUT2D eigenvalue weighted by Crippen LogP contribution is 2.27. The van der Waals surface area contributed by atoms with Crippen molar-refractivity contribution in [2.75, 3.05) is 0 Å². The second kappa shape index (κ2) is 4.49. The van der Waals surface area contributed by atoms with Gasteiger partial charge in [-0.2, -0.15) is 0 Å². The lowest BCUT2D eigenvalue weighted by atomic mass is 9.85. The van der Waals surface area contributed by atoms with Crippen molar-refractivity contribution in [3.8, 4) is 0 Å². The molecule has 0 rings (SSSR count). The first-order valence-electron chi connectivity index (χ1n) is 4.75. The van der Waals surface area contributed by atoms with Crippen LogP contribution in [0, 0.1) is 5.41 Å². The second-order valence-electron chi connectivity index (χ2n) is 4.34. The van der Waals surface area contributed by atoms with E-state index in [0.717, 1.165) is 6.42 Å². The molecule has 0 saturated heterocycles. The summed E-state index contributed by atoms with van der Waals surface area (Å²) in [5.41, 5.74) is 3.17. The molecular weight excluding hydrogens is 144 g/mol. The topological polar surface area (TPSA) is 0 Å². The molecule has 0 heterocycles. The minimum absolute atomic E-state index is 0.283. The Kier molecular flexibility index (Phi) is 4.30. The Morgan fingerprint density at radius 1 is 1.25 bits per heavy atom. The number of hydrogen-bond acceptors (Lipinski definition) is 0. The van der Waals surface area contributed by atoms with Crippen LogP contribution in [0.4, 0.5) is 0 Å². The van der Waals surface area contributed by atoms with Crippen LogP contribution >= 0.6 is 0 Å². The average molecular weight is 166 g/mol. The smallest absolute Gasteiger partial charge is 0.0135 e. The third-order valence-corrected chi connectivity index (χ3v) is 2.14. The lowest BCUT2D eigenvalue weighted by molar-refractivity contribution is 0.515. The van der Waals surface area contributed by atoms with E-state index in [9.17, 15) is 0 Å². The minimum Gasteiger partial charge on any atom is -0.0839 e. The van der Waals surface area contributed by atoms with Gasteiger partial charge in [-0.15, -0.1) is 0 Å². The highest BCUT2D eigenvalue weighted by atomic mass is 14.2. The van der Waals surface area contributed by atoms with Crippen molar-refractivity contribution in [3.05, 3.63) is 23.3 Å². The second-order valence-corrected chi connectivity index (χ2v) is 4.34. The van der Waals surface area contributed by atoms with Crippen molar-refractivity contribution in [1.29, 1.82) is 0 Å². The molecule has 0 atom stereocenters. The van der Waals surface area contributed by atoms with Gasteiger partial charge in [0.15, 0.2) is 0 Å². The molecule has 0 N–H and O–H groups in total. The molecule has 0 aromatic carbocycles. The minimum atomic E-state index is 0.283. The fourth-order valence-electron chi connectivity index (χ4n) is 1.10. The van der Waals surface area contributed by atoms with Crippen molar-refractivity contribution in [2.45, 2.75) is 48.0 Å². The summed E-state index contributed by atoms with van der Waals surface area (Å²) in [4.78, 5) is 0. The van der Waals surface area contributed by atoms with E-state index >= 15 is 0 Å². The largest absolute Gasteiger partial charge is 0.0839 e. The van der Waals surface area contributed by atoms with E-state index in [0.29, 0.717) is 0 Å². The standard InChI is InChI=1S/C12H22/c1-7-10(3)9-11(8-2)12(4,5)6/h8-9H,7H2,1-6H3/b10-9-,11-8+. The Bertz CT molecular complexity index is 187. The lowest BCUT2D eigenvalue weighted by Gasteiger charge is -2.20. The van der Waals surface area contributed by atoms with Crippen molar-refractivity contribution < 1.29 is 0 Å². The summed E-state index contributed by atoms with van der Waals surface area (Å²) in [6.45, 7) is 13.3. The van der Waals surface area contributed by atoms with Crippen molar-refractivity contribution in [1.82, 2.24) is 0 Å². The van der Waals surface area contributed by atoms with Gasteiger partial charge in [-0.25, -0.2) is 0 Å². The van der Waals surface area contributed by atoms with E-state index in [1.54, 1.807) is 0 Å². The molecular formula is C12H22. The van der Waals surface area contributed by atoms with Crippen molar-refractivity contribution >= 4 is 0 Å². The molecule has 0 unspecified atom stereocenters. The summed E-state index contributed by atoms with van der Waals surface area (Å²) >= 11 is 0. The number of allylic oxidation sites excluding steroid dienone is 4. The van der Waals surface area contributed by atoms with Crippen LogP contribution in [0.1, 0.15) is 48.0 Å². The van der Waals surface area contributed by atoms with Gasteiger partial charge in [0.1, 0.15) is 0 Å². The Hall–Kier alpha value is -0.520. The predicted molar refractivity (Wildman–Crippen MR) is 57.3 cm³/mol. The first-order valence-corrected chi connectivity index (χ1v) is 4.75. The van der Waals surface area contributed by atoms with Crippen molar-refractivity contribution in [3.63, 3.8) is 0 Å². The van der Waals surface area contributed by atoms with E-state index in [2.05, 4.69) is 53.7 Å². The van der Waals surface area contributed by atoms with E-state index in [-0.39, 0.29) is 5.41 Å². The molecule has 0 radical (unpaired) electrons. The first-order chi connectivity index (χ1) is 5.41. The van der Waals surface area contributed by atoms with Gasteiger partial charge < -0.3 is 0 Å². The molecule has 0 fully saturated rings. The average Bonchev–Trinajstić information content (AvgIpc) is 1.97. The summed E-state index contributed by atoms with van der Waals surface area (Å²) in [5, 5.41) is 0. The van der Waals surface area contributed by atoms with E-state index < -0.39 is 0 Å². The molecule has 0 bridgehead atoms. The Labute approximate surface area is 77.4 Å². The maximum Gasteiger partial charge on any atom is -0.0135 e. The SMILES string of the molecule is C/C=C(\C=C(\C)CC)C(C)(C)C. The summed E-state index contributed by atoms with van der Waals surface area (Å²) < 4.78 is 0. The molecule has 0 nitrogen and oxygen atoms in total. The zero-order chi connectivity index (χ0) is 9.78. The maximum atomic E-state index is 2.31. The van der Waals surface area contributed by atoms with Gasteiger partial charge in [-0.05, 0) is 31.3 Å². The van der Waals surface area contributed by atoms with Gasteiger partial charge in [0.25, 0.3) is 0 Å². The molecule has 70 valence electrons. The Balaban J connectivity index is 4.63. The molecule has 0 amide bonds. The summed E-state index contributed by atoms with van der Waals surface area (Å²) in [6.07, 6.45) is 5.66. The zero-order valence-electron chi connectivity index (χ0n) is 9.36. The molecule has 0 saturated carbocycles. The third-order valence-electron chi connectivity index (χ3n) is 2.14. The molecule has 0 aliphatic rings. The van der Waals surface area contributed by atoms with Gasteiger partial charge in [0, 0.05) is 0 Å². The molecule has 0 aromatic heterocycles. The Morgan fingerprint density at radius 3 is 2.00 bits per heavy atom. The normalized spacial score (nSPS) is 15.2. The first kappa shape index (κ1) is 11.5. The van der Waals surface area contributed by atoms with Crippen molar-refractivity contribution in [2.24, 2.45) is 5.41 Å². The summed E-state index contributed by atoms with van der Waals surface area (Å²) in [6, 6.07) is 0. The summed E-state index contributed by atoms with van der Waals surface area (Å²) in [7, 11) is 0. The van der Waals surface area contributed by atoms with E-state index in [1.807, 2.05) is 0 Å². The van der Waals surface area contributed by atoms with Gasteiger partial charge in [0.05, 0.1) is 0 Å². The molecule has 0 spiro atoms. The maximum absolute atomic E-state index is 2.31. The molecule has 0 heteroatoms. The zero-order valence-corrected chi connectivity index (χ0v) is 9.36. The van der Waals surface area contributed by atoms with Crippen LogP contribution in [-0.2, 0) is 0 Å². The van der Waals surface area contributed by atoms with E-state index in [4.69, 9.17) is 0 Å². The van der Waals surface area contributed by atoms with Crippen LogP contribution in [0.3, 0.4) is 0 Å². The van der Waals surface area contributed by atoms with Crippen LogP contribution in [0.5, 0.6) is 0 Å².